The lowest BCUT2D eigenvalue weighted by atomic mass is 10.2. The lowest BCUT2D eigenvalue weighted by Crippen LogP contribution is -2.18. The number of H-pyrrole nitrogens is 1. The zero-order chi connectivity index (χ0) is 13.8. The van der Waals surface area contributed by atoms with Gasteiger partial charge in [0.25, 0.3) is 11.8 Å². The minimum absolute atomic E-state index is 0.172. The molecule has 0 saturated heterocycles. The third-order valence-electron chi connectivity index (χ3n) is 2.52. The van der Waals surface area contributed by atoms with Gasteiger partial charge in [0.2, 0.25) is 0 Å². The largest absolute Gasteiger partial charge is 0.356 e. The summed E-state index contributed by atoms with van der Waals surface area (Å²) in [6, 6.07) is 8.13. The van der Waals surface area contributed by atoms with Crippen molar-refractivity contribution in [1.82, 2.24) is 10.3 Å². The van der Waals surface area contributed by atoms with Crippen LogP contribution < -0.4 is 10.6 Å². The molecule has 0 unspecified atom stereocenters. The van der Waals surface area contributed by atoms with Crippen LogP contribution in [0.25, 0.3) is 0 Å². The molecule has 1 aromatic carbocycles. The Morgan fingerprint density at radius 3 is 2.37 bits per heavy atom. The van der Waals surface area contributed by atoms with Crippen molar-refractivity contribution in [3.8, 4) is 0 Å². The highest BCUT2D eigenvalue weighted by molar-refractivity contribution is 6.31. The summed E-state index contributed by atoms with van der Waals surface area (Å²) in [6.45, 7) is 0. The summed E-state index contributed by atoms with van der Waals surface area (Å²) in [5.41, 5.74) is 1.51. The topological polar surface area (TPSA) is 74.0 Å². The van der Waals surface area contributed by atoms with Crippen LogP contribution in [0.5, 0.6) is 0 Å². The summed E-state index contributed by atoms with van der Waals surface area (Å²) < 4.78 is 0. The van der Waals surface area contributed by atoms with Gasteiger partial charge in [-0.2, -0.15) is 0 Å². The Balaban J connectivity index is 2.07. The number of aromatic amines is 1. The van der Waals surface area contributed by atoms with Crippen LogP contribution in [0, 0.1) is 0 Å². The highest BCUT2D eigenvalue weighted by Crippen LogP contribution is 2.13. The Labute approximate surface area is 115 Å². The van der Waals surface area contributed by atoms with Crippen molar-refractivity contribution in [3.05, 3.63) is 52.8 Å². The van der Waals surface area contributed by atoms with E-state index in [0.29, 0.717) is 22.0 Å². The second-order valence-corrected chi connectivity index (χ2v) is 4.28. The van der Waals surface area contributed by atoms with E-state index in [2.05, 4.69) is 15.6 Å². The number of halogens is 1. The standard InChI is InChI=1S/C13H12ClN3O2/c1-15-12(18)8-2-4-10(5-3-8)17-13(19)11-6-9(14)7-16-11/h2-7,16H,1H3,(H,15,18)(H,17,19). The Bertz CT molecular complexity index is 605. The smallest absolute Gasteiger partial charge is 0.272 e. The maximum Gasteiger partial charge on any atom is 0.272 e. The molecule has 0 aliphatic heterocycles. The molecule has 98 valence electrons. The van der Waals surface area contributed by atoms with Gasteiger partial charge < -0.3 is 15.6 Å². The van der Waals surface area contributed by atoms with E-state index < -0.39 is 0 Å². The SMILES string of the molecule is CNC(=O)c1ccc(NC(=O)c2cc(Cl)c[nH]2)cc1. The average molecular weight is 278 g/mol. The molecule has 1 heterocycles. The number of benzene rings is 1. The molecule has 0 bridgehead atoms. The molecule has 0 spiro atoms. The number of rotatable bonds is 3. The number of nitrogens with one attached hydrogen (secondary N) is 3. The molecule has 5 nitrogen and oxygen atoms in total. The van der Waals surface area contributed by atoms with E-state index in [1.165, 1.54) is 12.3 Å². The molecule has 1 aromatic heterocycles. The molecule has 19 heavy (non-hydrogen) atoms. The average Bonchev–Trinajstić information content (AvgIpc) is 2.85. The van der Waals surface area contributed by atoms with Gasteiger partial charge in [-0.3, -0.25) is 9.59 Å². The molecule has 0 saturated carbocycles. The summed E-state index contributed by atoms with van der Waals surface area (Å²) in [6.07, 6.45) is 1.53. The van der Waals surface area contributed by atoms with Crippen LogP contribution in [-0.4, -0.2) is 23.8 Å². The van der Waals surface area contributed by atoms with Crippen molar-refractivity contribution in [2.24, 2.45) is 0 Å². The fraction of sp³-hybridized carbons (Fsp3) is 0.0769. The summed E-state index contributed by atoms with van der Waals surface area (Å²) in [5, 5.41) is 5.69. The predicted octanol–water partition coefficient (Wildman–Crippen LogP) is 2.28. The van der Waals surface area contributed by atoms with Crippen LogP contribution >= 0.6 is 11.6 Å². The summed E-state index contributed by atoms with van der Waals surface area (Å²) in [7, 11) is 1.56. The summed E-state index contributed by atoms with van der Waals surface area (Å²) >= 11 is 5.72. The fourth-order valence-corrected chi connectivity index (χ4v) is 1.71. The van der Waals surface area contributed by atoms with Crippen LogP contribution in [0.15, 0.2) is 36.5 Å². The molecular formula is C13H12ClN3O2. The number of carbonyl (C=O) groups excluding carboxylic acids is 2. The van der Waals surface area contributed by atoms with Gasteiger partial charge in [-0.25, -0.2) is 0 Å². The molecule has 0 aliphatic rings. The molecule has 6 heteroatoms. The molecule has 2 amide bonds. The van der Waals surface area contributed by atoms with Crippen LogP contribution in [0.3, 0.4) is 0 Å². The molecule has 2 aromatic rings. The maximum absolute atomic E-state index is 11.8. The molecular weight excluding hydrogens is 266 g/mol. The van der Waals surface area contributed by atoms with E-state index in [1.54, 1.807) is 31.3 Å². The first-order valence-electron chi connectivity index (χ1n) is 5.57. The second-order valence-electron chi connectivity index (χ2n) is 3.84. The van der Waals surface area contributed by atoms with Gasteiger partial charge in [0.05, 0.1) is 5.02 Å². The number of amides is 2. The first-order valence-corrected chi connectivity index (χ1v) is 5.95. The van der Waals surface area contributed by atoms with Crippen molar-refractivity contribution in [2.75, 3.05) is 12.4 Å². The van der Waals surface area contributed by atoms with Gasteiger partial charge >= 0.3 is 0 Å². The van der Waals surface area contributed by atoms with Crippen molar-refractivity contribution >= 4 is 29.1 Å². The Kier molecular flexibility index (Phi) is 3.87. The van der Waals surface area contributed by atoms with Crippen molar-refractivity contribution in [2.45, 2.75) is 0 Å². The van der Waals surface area contributed by atoms with E-state index in [4.69, 9.17) is 11.6 Å². The van der Waals surface area contributed by atoms with E-state index in [9.17, 15) is 9.59 Å². The van der Waals surface area contributed by atoms with Crippen LogP contribution in [0.1, 0.15) is 20.8 Å². The zero-order valence-corrected chi connectivity index (χ0v) is 10.9. The Hall–Kier alpha value is -2.27. The molecule has 0 radical (unpaired) electrons. The highest BCUT2D eigenvalue weighted by atomic mass is 35.5. The van der Waals surface area contributed by atoms with E-state index in [-0.39, 0.29) is 11.8 Å². The summed E-state index contributed by atoms with van der Waals surface area (Å²) in [4.78, 5) is 25.9. The van der Waals surface area contributed by atoms with Gasteiger partial charge in [0.1, 0.15) is 5.69 Å². The Morgan fingerprint density at radius 1 is 1.16 bits per heavy atom. The predicted molar refractivity (Wildman–Crippen MR) is 73.6 cm³/mol. The number of aromatic nitrogens is 1. The molecule has 3 N–H and O–H groups in total. The number of anilines is 1. The van der Waals surface area contributed by atoms with Crippen LogP contribution in [0.4, 0.5) is 5.69 Å². The fourth-order valence-electron chi connectivity index (χ4n) is 1.55. The first-order chi connectivity index (χ1) is 9.10. The molecule has 0 atom stereocenters. The zero-order valence-electron chi connectivity index (χ0n) is 10.2. The highest BCUT2D eigenvalue weighted by Gasteiger charge is 2.09. The van der Waals surface area contributed by atoms with Crippen LogP contribution in [0.2, 0.25) is 5.02 Å². The van der Waals surface area contributed by atoms with E-state index >= 15 is 0 Å². The van der Waals surface area contributed by atoms with Gasteiger partial charge in [-0.05, 0) is 30.3 Å². The third kappa shape index (κ3) is 3.14. The molecule has 0 fully saturated rings. The van der Waals surface area contributed by atoms with E-state index in [1.807, 2.05) is 0 Å². The van der Waals surface area contributed by atoms with Gasteiger partial charge in [-0.1, -0.05) is 11.6 Å². The minimum atomic E-state index is -0.292. The number of hydrogen-bond donors (Lipinski definition) is 3. The number of carbonyl (C=O) groups is 2. The number of hydrogen-bond acceptors (Lipinski definition) is 2. The monoisotopic (exact) mass is 277 g/mol. The lowest BCUT2D eigenvalue weighted by Gasteiger charge is -2.05. The van der Waals surface area contributed by atoms with Gasteiger partial charge in [0, 0.05) is 24.5 Å². The van der Waals surface area contributed by atoms with Crippen molar-refractivity contribution in [3.63, 3.8) is 0 Å². The van der Waals surface area contributed by atoms with Crippen LogP contribution in [-0.2, 0) is 0 Å². The van der Waals surface area contributed by atoms with Crippen molar-refractivity contribution in [1.29, 1.82) is 0 Å². The maximum atomic E-state index is 11.8. The lowest BCUT2D eigenvalue weighted by molar-refractivity contribution is 0.0962. The van der Waals surface area contributed by atoms with E-state index in [0.717, 1.165) is 0 Å². The first kappa shape index (κ1) is 13.2. The Morgan fingerprint density at radius 2 is 1.84 bits per heavy atom. The summed E-state index contributed by atoms with van der Waals surface area (Å²) in [5.74, 6) is -0.464. The second kappa shape index (κ2) is 5.58. The van der Waals surface area contributed by atoms with Crippen molar-refractivity contribution < 1.29 is 9.59 Å². The quantitative estimate of drug-likeness (QED) is 0.805. The minimum Gasteiger partial charge on any atom is -0.356 e. The molecule has 2 rings (SSSR count). The molecule has 0 aliphatic carbocycles. The normalized spacial score (nSPS) is 10.0. The van der Waals surface area contributed by atoms with Gasteiger partial charge in [0.15, 0.2) is 0 Å². The van der Waals surface area contributed by atoms with Gasteiger partial charge in [-0.15, -0.1) is 0 Å². The third-order valence-corrected chi connectivity index (χ3v) is 2.74.